The number of hydrogen-bond acceptors (Lipinski definition) is 5. The minimum Gasteiger partial charge on any atom is -0.392 e. The molecule has 0 unspecified atom stereocenters. The van der Waals surface area contributed by atoms with Gasteiger partial charge in [-0.3, -0.25) is 14.9 Å². The number of imidazole rings is 1. The number of aromatic nitrogens is 2. The van der Waals surface area contributed by atoms with Gasteiger partial charge < -0.3 is 16.0 Å². The molecule has 0 saturated heterocycles. The van der Waals surface area contributed by atoms with Crippen LogP contribution < -0.4 is 11.5 Å². The minimum atomic E-state index is -1.19. The van der Waals surface area contributed by atoms with Crippen LogP contribution in [0.4, 0.5) is 20.2 Å². The summed E-state index contributed by atoms with van der Waals surface area (Å²) >= 11 is 0. The third-order valence-electron chi connectivity index (χ3n) is 5.61. The number of anilines is 1. The van der Waals surface area contributed by atoms with Crippen LogP contribution in [0.3, 0.4) is 0 Å². The van der Waals surface area contributed by atoms with Gasteiger partial charge in [0.05, 0.1) is 33.9 Å². The highest BCUT2D eigenvalue weighted by molar-refractivity contribution is 6.03. The number of hydrogen-bond donors (Lipinski definition) is 2. The first-order chi connectivity index (χ1) is 14.3. The van der Waals surface area contributed by atoms with Crippen molar-refractivity contribution in [2.45, 2.75) is 37.9 Å². The lowest BCUT2D eigenvalue weighted by atomic mass is 9.93. The molecule has 1 fully saturated rings. The topological polar surface area (TPSA) is 130 Å². The molecule has 0 aliphatic heterocycles. The Kier molecular flexibility index (Phi) is 4.84. The van der Waals surface area contributed by atoms with Crippen molar-refractivity contribution in [3.63, 3.8) is 0 Å². The fraction of sp³-hybridized carbons (Fsp3) is 0.300. The largest absolute Gasteiger partial charge is 0.392 e. The zero-order chi connectivity index (χ0) is 21.6. The van der Waals surface area contributed by atoms with E-state index in [0.29, 0.717) is 29.4 Å². The molecule has 4 N–H and O–H groups in total. The predicted octanol–water partition coefficient (Wildman–Crippen LogP) is 3.88. The molecule has 1 aliphatic rings. The van der Waals surface area contributed by atoms with E-state index >= 15 is 0 Å². The number of carbonyl (C=O) groups excluding carboxylic acids is 1. The molecule has 10 heteroatoms. The van der Waals surface area contributed by atoms with Crippen LogP contribution in [0.25, 0.3) is 22.2 Å². The summed E-state index contributed by atoms with van der Waals surface area (Å²) < 4.78 is 30.6. The van der Waals surface area contributed by atoms with E-state index in [1.54, 1.807) is 29.1 Å². The molecule has 30 heavy (non-hydrogen) atoms. The lowest BCUT2D eigenvalue weighted by Gasteiger charge is -2.27. The first-order valence-corrected chi connectivity index (χ1v) is 9.46. The Morgan fingerprint density at radius 2 is 2.00 bits per heavy atom. The van der Waals surface area contributed by atoms with Gasteiger partial charge in [-0.15, -0.1) is 0 Å². The normalized spacial score (nSPS) is 19.1. The Labute approximate surface area is 169 Å². The van der Waals surface area contributed by atoms with Gasteiger partial charge in [0.25, 0.3) is 5.91 Å². The quantitative estimate of drug-likeness (QED) is 0.379. The van der Waals surface area contributed by atoms with E-state index in [4.69, 9.17) is 11.5 Å². The second-order valence-corrected chi connectivity index (χ2v) is 7.39. The van der Waals surface area contributed by atoms with Crippen LogP contribution >= 0.6 is 0 Å². The summed E-state index contributed by atoms with van der Waals surface area (Å²) in [6.45, 7) is 0. The average molecular weight is 415 g/mol. The highest BCUT2D eigenvalue weighted by Crippen LogP contribution is 2.40. The van der Waals surface area contributed by atoms with Crippen molar-refractivity contribution >= 4 is 28.3 Å². The summed E-state index contributed by atoms with van der Waals surface area (Å²) in [5, 5.41) is 11.6. The number of nitro benzene ring substituents is 1. The number of carbonyl (C=O) groups is 1. The third kappa shape index (κ3) is 3.14. The highest BCUT2D eigenvalue weighted by Gasteiger charge is 2.30. The fourth-order valence-corrected chi connectivity index (χ4v) is 4.17. The summed E-state index contributed by atoms with van der Waals surface area (Å²) in [5.74, 6) is -2.24. The van der Waals surface area contributed by atoms with Crippen molar-refractivity contribution in [3.05, 3.63) is 52.1 Å². The fourth-order valence-electron chi connectivity index (χ4n) is 4.17. The number of nitrogen functional groups attached to an aromatic ring is 1. The van der Waals surface area contributed by atoms with Crippen LogP contribution in [0.1, 0.15) is 42.1 Å². The van der Waals surface area contributed by atoms with Crippen molar-refractivity contribution in [1.82, 2.24) is 9.55 Å². The summed E-state index contributed by atoms with van der Waals surface area (Å²) in [6, 6.07) is 5.32. The Bertz CT molecular complexity index is 1180. The maximum Gasteiger partial charge on any atom is 0.300 e. The van der Waals surface area contributed by atoms with Crippen LogP contribution in [-0.2, 0) is 0 Å². The Morgan fingerprint density at radius 1 is 1.27 bits per heavy atom. The Balaban J connectivity index is 1.85. The minimum absolute atomic E-state index is 0.0996. The van der Waals surface area contributed by atoms with Crippen molar-refractivity contribution in [3.8, 4) is 11.1 Å². The van der Waals surface area contributed by atoms with Crippen molar-refractivity contribution in [2.75, 3.05) is 5.73 Å². The number of alkyl halides is 1. The summed E-state index contributed by atoms with van der Waals surface area (Å²) in [5.41, 5.74) is 10.2. The predicted molar refractivity (Wildman–Crippen MR) is 107 cm³/mol. The highest BCUT2D eigenvalue weighted by atomic mass is 19.1. The molecule has 0 spiro atoms. The number of fused-ring (bicyclic) bond motifs is 1. The molecule has 1 saturated carbocycles. The smallest absolute Gasteiger partial charge is 0.300 e. The van der Waals surface area contributed by atoms with Gasteiger partial charge >= 0.3 is 5.69 Å². The maximum atomic E-state index is 14.4. The van der Waals surface area contributed by atoms with Crippen LogP contribution in [0.2, 0.25) is 0 Å². The molecule has 1 aromatic heterocycles. The van der Waals surface area contributed by atoms with Crippen molar-refractivity contribution < 1.29 is 18.5 Å². The maximum absolute atomic E-state index is 14.4. The monoisotopic (exact) mass is 415 g/mol. The third-order valence-corrected chi connectivity index (χ3v) is 5.61. The van der Waals surface area contributed by atoms with Gasteiger partial charge in [-0.2, -0.15) is 0 Å². The zero-order valence-electron chi connectivity index (χ0n) is 15.8. The standard InChI is InChI=1S/C20H19F2N5O3/c21-12-3-1-2-4-15(12)26-9-25-14-7-10(5-6-16(14)26)11-8-13(22)17(20(24)28)18(23)19(11)27(29)30/h5-9,12,15H,1-4,23H2,(H2,24,28)/t12-,15-/m1/s1. The number of nitro groups is 1. The van der Waals surface area contributed by atoms with Crippen molar-refractivity contribution in [2.24, 2.45) is 5.73 Å². The van der Waals surface area contributed by atoms with E-state index in [-0.39, 0.29) is 11.6 Å². The second kappa shape index (κ2) is 7.36. The van der Waals surface area contributed by atoms with Gasteiger partial charge in [0.15, 0.2) is 0 Å². The first kappa shape index (κ1) is 19.7. The van der Waals surface area contributed by atoms with Gasteiger partial charge in [0.1, 0.15) is 23.2 Å². The molecule has 156 valence electrons. The molecule has 0 radical (unpaired) electrons. The molecule has 8 nitrogen and oxygen atoms in total. The molecule has 0 bridgehead atoms. The number of nitrogens with two attached hydrogens (primary N) is 2. The van der Waals surface area contributed by atoms with E-state index in [1.165, 1.54) is 0 Å². The van der Waals surface area contributed by atoms with E-state index in [2.05, 4.69) is 4.98 Å². The molecule has 1 amide bonds. The SMILES string of the molecule is NC(=O)c1c(F)cc(-c2ccc3c(c2)ncn3[C@@H]2CCCC[C@H]2F)c([N+](=O)[O-])c1N. The average Bonchev–Trinajstić information content (AvgIpc) is 3.10. The van der Waals surface area contributed by atoms with Gasteiger partial charge in [-0.25, -0.2) is 13.8 Å². The molecular weight excluding hydrogens is 396 g/mol. The molecule has 2 atom stereocenters. The summed E-state index contributed by atoms with van der Waals surface area (Å²) in [4.78, 5) is 26.6. The Hall–Kier alpha value is -3.56. The number of halogens is 2. The number of amides is 1. The second-order valence-electron chi connectivity index (χ2n) is 7.39. The van der Waals surface area contributed by atoms with E-state index in [1.807, 2.05) is 0 Å². The van der Waals surface area contributed by atoms with E-state index in [9.17, 15) is 23.7 Å². The zero-order valence-corrected chi connectivity index (χ0v) is 15.8. The van der Waals surface area contributed by atoms with Gasteiger partial charge in [0, 0.05) is 0 Å². The van der Waals surface area contributed by atoms with Crippen LogP contribution in [-0.4, -0.2) is 26.6 Å². The molecular formula is C20H19F2N5O3. The van der Waals surface area contributed by atoms with E-state index < -0.39 is 39.8 Å². The molecule has 2 aromatic carbocycles. The first-order valence-electron chi connectivity index (χ1n) is 9.46. The molecule has 4 rings (SSSR count). The summed E-state index contributed by atoms with van der Waals surface area (Å²) in [7, 11) is 0. The lowest BCUT2D eigenvalue weighted by molar-refractivity contribution is -0.383. The van der Waals surface area contributed by atoms with E-state index in [0.717, 1.165) is 18.9 Å². The number of primary amides is 1. The summed E-state index contributed by atoms with van der Waals surface area (Å²) in [6.07, 6.45) is 3.57. The number of benzene rings is 2. The van der Waals surface area contributed by atoms with Crippen molar-refractivity contribution in [1.29, 1.82) is 0 Å². The number of nitrogens with zero attached hydrogens (tertiary/aromatic N) is 3. The van der Waals surface area contributed by atoms with Crippen LogP contribution in [0, 0.1) is 15.9 Å². The number of rotatable bonds is 4. The molecule has 1 heterocycles. The molecule has 1 aliphatic carbocycles. The van der Waals surface area contributed by atoms with Crippen LogP contribution in [0.15, 0.2) is 30.6 Å². The Morgan fingerprint density at radius 3 is 2.67 bits per heavy atom. The van der Waals surface area contributed by atoms with Gasteiger partial charge in [-0.1, -0.05) is 18.9 Å². The lowest BCUT2D eigenvalue weighted by Crippen LogP contribution is -2.23. The van der Waals surface area contributed by atoms with Gasteiger partial charge in [0.2, 0.25) is 0 Å². The molecule has 3 aromatic rings. The van der Waals surface area contributed by atoms with Gasteiger partial charge in [-0.05, 0) is 36.6 Å². The van der Waals surface area contributed by atoms with Crippen LogP contribution in [0.5, 0.6) is 0 Å².